The van der Waals surface area contributed by atoms with E-state index in [0.29, 0.717) is 5.56 Å². The van der Waals surface area contributed by atoms with E-state index in [2.05, 4.69) is 4.98 Å². The number of nitrogens with one attached hydrogen (secondary N) is 2. The molecule has 1 aromatic carbocycles. The Bertz CT molecular complexity index is 561. The molecule has 0 spiro atoms. The summed E-state index contributed by atoms with van der Waals surface area (Å²) < 4.78 is 0. The first-order valence-corrected chi connectivity index (χ1v) is 4.66. The molecule has 2 aromatic rings. The maximum absolute atomic E-state index is 10.2. The van der Waals surface area contributed by atoms with E-state index in [1.807, 2.05) is 4.98 Å². The molecule has 1 aromatic heterocycles. The highest BCUT2D eigenvalue weighted by atomic mass is 16.4. The second-order valence-corrected chi connectivity index (χ2v) is 2.97. The van der Waals surface area contributed by atoms with E-state index in [1.165, 1.54) is 12.3 Å². The molecule has 0 bridgehead atoms. The van der Waals surface area contributed by atoms with Gasteiger partial charge in [-0.1, -0.05) is 18.2 Å². The third-order valence-corrected chi connectivity index (χ3v) is 1.71. The molecule has 2 rings (SSSR count). The molecule has 0 aliphatic rings. The lowest BCUT2D eigenvalue weighted by atomic mass is 10.2. The van der Waals surface area contributed by atoms with Gasteiger partial charge in [0, 0.05) is 12.3 Å². The Hall–Kier alpha value is -2.63. The number of aromatic nitrogens is 2. The summed E-state index contributed by atoms with van der Waals surface area (Å²) in [6.45, 7) is 0. The fourth-order valence-corrected chi connectivity index (χ4v) is 0.963. The topological polar surface area (TPSA) is 103 Å². The highest BCUT2D eigenvalue weighted by Crippen LogP contribution is 1.96. The SMILES string of the molecule is O=C(O)c1ccccc1.O=c1cc[nH]c(=O)[nH]1. The van der Waals surface area contributed by atoms with Gasteiger partial charge in [-0.15, -0.1) is 0 Å². The maximum Gasteiger partial charge on any atom is 0.335 e. The smallest absolute Gasteiger partial charge is 0.335 e. The van der Waals surface area contributed by atoms with E-state index in [9.17, 15) is 14.4 Å². The number of hydrogen-bond donors (Lipinski definition) is 3. The fraction of sp³-hybridized carbons (Fsp3) is 0. The van der Waals surface area contributed by atoms with Gasteiger partial charge in [-0.05, 0) is 12.1 Å². The Labute approximate surface area is 95.6 Å². The van der Waals surface area contributed by atoms with E-state index < -0.39 is 11.7 Å². The first-order valence-electron chi connectivity index (χ1n) is 4.66. The van der Waals surface area contributed by atoms with Gasteiger partial charge in [0.05, 0.1) is 5.56 Å². The molecule has 6 heteroatoms. The molecule has 0 radical (unpaired) electrons. The Morgan fingerprint density at radius 3 is 2.06 bits per heavy atom. The van der Waals surface area contributed by atoms with Crippen LogP contribution in [0.5, 0.6) is 0 Å². The lowest BCUT2D eigenvalue weighted by molar-refractivity contribution is 0.0697. The summed E-state index contributed by atoms with van der Waals surface area (Å²) in [7, 11) is 0. The van der Waals surface area contributed by atoms with Gasteiger partial charge < -0.3 is 10.1 Å². The van der Waals surface area contributed by atoms with Crippen molar-refractivity contribution in [3.63, 3.8) is 0 Å². The molecule has 0 atom stereocenters. The molecule has 6 nitrogen and oxygen atoms in total. The van der Waals surface area contributed by atoms with E-state index in [-0.39, 0.29) is 5.56 Å². The van der Waals surface area contributed by atoms with Crippen LogP contribution < -0.4 is 11.2 Å². The van der Waals surface area contributed by atoms with Crippen LogP contribution in [-0.2, 0) is 0 Å². The van der Waals surface area contributed by atoms with Gasteiger partial charge in [0.15, 0.2) is 0 Å². The van der Waals surface area contributed by atoms with Crippen LogP contribution in [0.25, 0.3) is 0 Å². The number of carbonyl (C=O) groups is 1. The fourth-order valence-electron chi connectivity index (χ4n) is 0.963. The first-order chi connectivity index (χ1) is 8.09. The van der Waals surface area contributed by atoms with E-state index >= 15 is 0 Å². The minimum atomic E-state index is -0.879. The van der Waals surface area contributed by atoms with Gasteiger partial charge in [0.2, 0.25) is 0 Å². The van der Waals surface area contributed by atoms with Gasteiger partial charge >= 0.3 is 11.7 Å². The zero-order valence-corrected chi connectivity index (χ0v) is 8.71. The summed E-state index contributed by atoms with van der Waals surface area (Å²) >= 11 is 0. The maximum atomic E-state index is 10.2. The van der Waals surface area contributed by atoms with Crippen LogP contribution in [0.4, 0.5) is 0 Å². The molecule has 0 saturated heterocycles. The van der Waals surface area contributed by atoms with Crippen LogP contribution in [-0.4, -0.2) is 21.0 Å². The van der Waals surface area contributed by atoms with Crippen molar-refractivity contribution in [1.82, 2.24) is 9.97 Å². The average Bonchev–Trinajstić information content (AvgIpc) is 2.30. The standard InChI is InChI=1S/C7H6O2.C4H4N2O2/c8-7(9)6-4-2-1-3-5-6;7-3-1-2-5-4(8)6-3/h1-5H,(H,8,9);1-2H,(H2,5,6,7,8). The number of hydrogen-bond acceptors (Lipinski definition) is 3. The Kier molecular flexibility index (Phi) is 4.44. The molecule has 0 aliphatic carbocycles. The van der Waals surface area contributed by atoms with Crippen molar-refractivity contribution in [2.24, 2.45) is 0 Å². The van der Waals surface area contributed by atoms with Crippen molar-refractivity contribution >= 4 is 5.97 Å². The highest BCUT2D eigenvalue weighted by molar-refractivity contribution is 5.87. The normalized spacial score (nSPS) is 8.94. The van der Waals surface area contributed by atoms with Crippen LogP contribution in [0.15, 0.2) is 52.2 Å². The van der Waals surface area contributed by atoms with Crippen LogP contribution >= 0.6 is 0 Å². The number of aromatic amines is 2. The van der Waals surface area contributed by atoms with Crippen molar-refractivity contribution in [2.75, 3.05) is 0 Å². The molecule has 1 heterocycles. The first kappa shape index (κ1) is 12.4. The Morgan fingerprint density at radius 2 is 1.71 bits per heavy atom. The van der Waals surface area contributed by atoms with Crippen molar-refractivity contribution in [1.29, 1.82) is 0 Å². The zero-order chi connectivity index (χ0) is 12.7. The second-order valence-electron chi connectivity index (χ2n) is 2.97. The van der Waals surface area contributed by atoms with Crippen LogP contribution in [0.1, 0.15) is 10.4 Å². The van der Waals surface area contributed by atoms with E-state index in [4.69, 9.17) is 5.11 Å². The largest absolute Gasteiger partial charge is 0.478 e. The Morgan fingerprint density at radius 1 is 1.06 bits per heavy atom. The minimum Gasteiger partial charge on any atom is -0.478 e. The summed E-state index contributed by atoms with van der Waals surface area (Å²) in [6.07, 6.45) is 1.29. The predicted octanol–water partition coefficient (Wildman–Crippen LogP) is 0.448. The summed E-state index contributed by atoms with van der Waals surface area (Å²) in [6, 6.07) is 9.53. The zero-order valence-electron chi connectivity index (χ0n) is 8.71. The summed E-state index contributed by atoms with van der Waals surface area (Å²) in [5, 5.41) is 8.38. The van der Waals surface area contributed by atoms with E-state index in [0.717, 1.165) is 0 Å². The number of rotatable bonds is 1. The Balaban J connectivity index is 0.000000171. The van der Waals surface area contributed by atoms with Gasteiger partial charge in [0.1, 0.15) is 0 Å². The number of carboxylic acid groups (broad SMARTS) is 1. The molecule has 88 valence electrons. The number of benzene rings is 1. The summed E-state index contributed by atoms with van der Waals surface area (Å²) in [4.78, 5) is 34.9. The summed E-state index contributed by atoms with van der Waals surface area (Å²) in [5.74, 6) is -0.879. The molecule has 0 saturated carbocycles. The van der Waals surface area contributed by atoms with Gasteiger partial charge in [-0.2, -0.15) is 0 Å². The van der Waals surface area contributed by atoms with Crippen LogP contribution in [0, 0.1) is 0 Å². The lowest BCUT2D eigenvalue weighted by Gasteiger charge is -1.88. The van der Waals surface area contributed by atoms with Crippen molar-refractivity contribution in [3.8, 4) is 0 Å². The molecule has 0 unspecified atom stereocenters. The van der Waals surface area contributed by atoms with Crippen molar-refractivity contribution in [2.45, 2.75) is 0 Å². The molecule has 0 fully saturated rings. The van der Waals surface area contributed by atoms with Crippen LogP contribution in [0.3, 0.4) is 0 Å². The monoisotopic (exact) mass is 234 g/mol. The average molecular weight is 234 g/mol. The molecule has 0 aliphatic heterocycles. The second kappa shape index (κ2) is 6.06. The van der Waals surface area contributed by atoms with E-state index in [1.54, 1.807) is 30.3 Å². The van der Waals surface area contributed by atoms with Gasteiger partial charge in [-0.25, -0.2) is 9.59 Å². The van der Waals surface area contributed by atoms with Crippen molar-refractivity contribution in [3.05, 3.63) is 69.0 Å². The van der Waals surface area contributed by atoms with Crippen LogP contribution in [0.2, 0.25) is 0 Å². The highest BCUT2D eigenvalue weighted by Gasteiger charge is 1.96. The van der Waals surface area contributed by atoms with Crippen molar-refractivity contribution < 1.29 is 9.90 Å². The third-order valence-electron chi connectivity index (χ3n) is 1.71. The predicted molar refractivity (Wildman–Crippen MR) is 61.1 cm³/mol. The molecular formula is C11H10N2O4. The lowest BCUT2D eigenvalue weighted by Crippen LogP contribution is -2.19. The molecule has 0 amide bonds. The van der Waals surface area contributed by atoms with Gasteiger partial charge in [-0.3, -0.25) is 9.78 Å². The minimum absolute atomic E-state index is 0.331. The van der Waals surface area contributed by atoms with Gasteiger partial charge in [0.25, 0.3) is 5.56 Å². The molecule has 17 heavy (non-hydrogen) atoms. The number of aromatic carboxylic acids is 1. The molecular weight excluding hydrogens is 224 g/mol. The number of H-pyrrole nitrogens is 2. The number of carboxylic acids is 1. The quantitative estimate of drug-likeness (QED) is 0.666. The molecule has 3 N–H and O–H groups in total. The third kappa shape index (κ3) is 4.61. The summed E-state index contributed by atoms with van der Waals surface area (Å²) in [5.41, 5.74) is -0.524.